The Kier molecular flexibility index (Phi) is 4.64. The highest BCUT2D eigenvalue weighted by molar-refractivity contribution is 6.06. The smallest absolute Gasteiger partial charge is 0.239 e. The van der Waals surface area contributed by atoms with Crippen LogP contribution in [0.3, 0.4) is 0 Å². The molecule has 1 amide bonds. The van der Waals surface area contributed by atoms with Gasteiger partial charge in [0.05, 0.1) is 25.2 Å². The standard InChI is InChI=1S/C25H22N4O/c1-18-12-13-23-22(14-18)24(20-10-6-3-7-11-20)25(30)29(23)17-21-16-28(27-26-21)15-19-8-4-2-5-9-19/h2-14,16,24H,15,17H2,1H3/t24-/m1/s1. The second-order valence-electron chi connectivity index (χ2n) is 7.72. The molecule has 0 bridgehead atoms. The summed E-state index contributed by atoms with van der Waals surface area (Å²) in [6.07, 6.45) is 1.92. The van der Waals surface area contributed by atoms with Crippen LogP contribution in [0.15, 0.2) is 85.1 Å². The number of aryl methyl sites for hydroxylation is 1. The Bertz CT molecular complexity index is 1180. The fourth-order valence-electron chi connectivity index (χ4n) is 4.11. The van der Waals surface area contributed by atoms with Crippen LogP contribution in [0.2, 0.25) is 0 Å². The first-order valence-electron chi connectivity index (χ1n) is 10.1. The van der Waals surface area contributed by atoms with Crippen LogP contribution in [0.1, 0.15) is 33.9 Å². The van der Waals surface area contributed by atoms with Crippen LogP contribution < -0.4 is 4.90 Å². The van der Waals surface area contributed by atoms with Crippen LogP contribution in [0.4, 0.5) is 5.69 Å². The van der Waals surface area contributed by atoms with Crippen LogP contribution in [-0.4, -0.2) is 20.9 Å². The van der Waals surface area contributed by atoms with Gasteiger partial charge in [0.15, 0.2) is 0 Å². The first-order valence-corrected chi connectivity index (χ1v) is 10.1. The van der Waals surface area contributed by atoms with Gasteiger partial charge in [-0.15, -0.1) is 5.10 Å². The fourth-order valence-corrected chi connectivity index (χ4v) is 4.11. The molecule has 0 fully saturated rings. The normalized spacial score (nSPS) is 15.4. The van der Waals surface area contributed by atoms with E-state index in [-0.39, 0.29) is 11.8 Å². The first-order chi connectivity index (χ1) is 14.7. The Morgan fingerprint density at radius 1 is 0.900 bits per heavy atom. The minimum Gasteiger partial charge on any atom is -0.305 e. The maximum Gasteiger partial charge on any atom is 0.239 e. The minimum absolute atomic E-state index is 0.0828. The third kappa shape index (κ3) is 3.39. The molecule has 5 heteroatoms. The number of amides is 1. The first kappa shape index (κ1) is 18.3. The summed E-state index contributed by atoms with van der Waals surface area (Å²) in [6, 6.07) is 26.4. The predicted molar refractivity (Wildman–Crippen MR) is 116 cm³/mol. The van der Waals surface area contributed by atoms with E-state index in [0.717, 1.165) is 33.6 Å². The summed E-state index contributed by atoms with van der Waals surface area (Å²) in [5, 5.41) is 8.57. The molecule has 148 valence electrons. The number of anilines is 1. The number of rotatable bonds is 5. The Hall–Kier alpha value is -3.73. The van der Waals surface area contributed by atoms with Crippen molar-refractivity contribution in [2.45, 2.75) is 25.9 Å². The highest BCUT2D eigenvalue weighted by Gasteiger charge is 2.38. The quantitative estimate of drug-likeness (QED) is 0.507. The molecule has 0 radical (unpaired) electrons. The average Bonchev–Trinajstić information content (AvgIpc) is 3.31. The Labute approximate surface area is 175 Å². The molecule has 0 saturated carbocycles. The van der Waals surface area contributed by atoms with Crippen LogP contribution in [-0.2, 0) is 17.9 Å². The van der Waals surface area contributed by atoms with E-state index in [1.54, 1.807) is 0 Å². The zero-order valence-corrected chi connectivity index (χ0v) is 16.8. The molecule has 0 saturated heterocycles. The number of hydrogen-bond donors (Lipinski definition) is 0. The summed E-state index contributed by atoms with van der Waals surface area (Å²) in [7, 11) is 0. The van der Waals surface area contributed by atoms with Crippen LogP contribution in [0.25, 0.3) is 0 Å². The van der Waals surface area contributed by atoms with E-state index in [9.17, 15) is 4.79 Å². The Morgan fingerprint density at radius 2 is 1.63 bits per heavy atom. The third-order valence-electron chi connectivity index (χ3n) is 5.52. The molecule has 0 aliphatic carbocycles. The molecular weight excluding hydrogens is 372 g/mol. The molecule has 1 aliphatic heterocycles. The number of hydrogen-bond acceptors (Lipinski definition) is 3. The number of nitrogens with zero attached hydrogens (tertiary/aromatic N) is 4. The zero-order valence-electron chi connectivity index (χ0n) is 16.8. The van der Waals surface area contributed by atoms with Gasteiger partial charge < -0.3 is 4.90 Å². The van der Waals surface area contributed by atoms with E-state index in [2.05, 4.69) is 41.5 Å². The molecule has 1 atom stereocenters. The van der Waals surface area contributed by atoms with Gasteiger partial charge in [-0.3, -0.25) is 4.79 Å². The number of carbonyl (C=O) groups excluding carboxylic acids is 1. The van der Waals surface area contributed by atoms with Gasteiger partial charge in [-0.1, -0.05) is 83.6 Å². The van der Waals surface area contributed by atoms with Crippen molar-refractivity contribution in [1.82, 2.24) is 15.0 Å². The van der Waals surface area contributed by atoms with Crippen molar-refractivity contribution in [3.8, 4) is 0 Å². The maximum atomic E-state index is 13.4. The topological polar surface area (TPSA) is 51.0 Å². The van der Waals surface area contributed by atoms with Crippen LogP contribution in [0, 0.1) is 6.92 Å². The van der Waals surface area contributed by atoms with Crippen molar-refractivity contribution < 1.29 is 4.79 Å². The summed E-state index contributed by atoms with van der Waals surface area (Å²) in [6.45, 7) is 3.13. The van der Waals surface area contributed by atoms with Crippen molar-refractivity contribution in [3.05, 3.63) is 113 Å². The zero-order chi connectivity index (χ0) is 20.5. The van der Waals surface area contributed by atoms with Crippen molar-refractivity contribution in [2.75, 3.05) is 4.90 Å². The molecule has 1 aromatic heterocycles. The fraction of sp³-hybridized carbons (Fsp3) is 0.160. The number of benzene rings is 3. The molecule has 0 spiro atoms. The highest BCUT2D eigenvalue weighted by atomic mass is 16.2. The van der Waals surface area contributed by atoms with Crippen molar-refractivity contribution in [2.24, 2.45) is 0 Å². The van der Waals surface area contributed by atoms with Crippen molar-refractivity contribution >= 4 is 11.6 Å². The lowest BCUT2D eigenvalue weighted by Crippen LogP contribution is -2.28. The van der Waals surface area contributed by atoms with Gasteiger partial charge in [0.1, 0.15) is 5.69 Å². The lowest BCUT2D eigenvalue weighted by atomic mass is 9.92. The van der Waals surface area contributed by atoms with E-state index >= 15 is 0 Å². The molecule has 5 nitrogen and oxygen atoms in total. The minimum atomic E-state index is -0.277. The molecule has 0 unspecified atom stereocenters. The van der Waals surface area contributed by atoms with Crippen LogP contribution in [0.5, 0.6) is 0 Å². The lowest BCUT2D eigenvalue weighted by Gasteiger charge is -2.16. The number of fused-ring (bicyclic) bond motifs is 1. The molecular formula is C25H22N4O. The van der Waals surface area contributed by atoms with Gasteiger partial charge in [0, 0.05) is 5.69 Å². The molecule has 5 rings (SSSR count). The molecule has 1 aliphatic rings. The SMILES string of the molecule is Cc1ccc2c(c1)[C@@H](c1ccccc1)C(=O)N2Cc1cn(Cc2ccccc2)nn1. The predicted octanol–water partition coefficient (Wildman–Crippen LogP) is 4.31. The lowest BCUT2D eigenvalue weighted by molar-refractivity contribution is -0.118. The van der Waals surface area contributed by atoms with Gasteiger partial charge in [-0.05, 0) is 29.7 Å². The van der Waals surface area contributed by atoms with Gasteiger partial charge >= 0.3 is 0 Å². The van der Waals surface area contributed by atoms with E-state index in [4.69, 9.17) is 0 Å². The van der Waals surface area contributed by atoms with Crippen molar-refractivity contribution in [1.29, 1.82) is 0 Å². The van der Waals surface area contributed by atoms with Gasteiger partial charge in [0.2, 0.25) is 5.91 Å². The summed E-state index contributed by atoms with van der Waals surface area (Å²) >= 11 is 0. The van der Waals surface area contributed by atoms with E-state index in [1.165, 1.54) is 0 Å². The Morgan fingerprint density at radius 3 is 2.40 bits per heavy atom. The summed E-state index contributed by atoms with van der Waals surface area (Å²) in [4.78, 5) is 15.3. The third-order valence-corrected chi connectivity index (χ3v) is 5.52. The second kappa shape index (κ2) is 7.59. The van der Waals surface area contributed by atoms with Gasteiger partial charge in [-0.25, -0.2) is 4.68 Å². The monoisotopic (exact) mass is 394 g/mol. The number of carbonyl (C=O) groups is 1. The molecule has 30 heavy (non-hydrogen) atoms. The van der Waals surface area contributed by atoms with Crippen molar-refractivity contribution in [3.63, 3.8) is 0 Å². The molecule has 2 heterocycles. The van der Waals surface area contributed by atoms with E-state index < -0.39 is 0 Å². The Balaban J connectivity index is 1.43. The average molecular weight is 394 g/mol. The van der Waals surface area contributed by atoms with E-state index in [0.29, 0.717) is 13.1 Å². The largest absolute Gasteiger partial charge is 0.305 e. The summed E-state index contributed by atoms with van der Waals surface area (Å²) < 4.78 is 1.82. The molecule has 3 aromatic carbocycles. The highest BCUT2D eigenvalue weighted by Crippen LogP contribution is 2.42. The summed E-state index contributed by atoms with van der Waals surface area (Å²) in [5.41, 5.74) is 6.12. The second-order valence-corrected chi connectivity index (χ2v) is 7.72. The maximum absolute atomic E-state index is 13.4. The molecule has 0 N–H and O–H groups in total. The summed E-state index contributed by atoms with van der Waals surface area (Å²) in [5.74, 6) is -0.195. The van der Waals surface area contributed by atoms with Gasteiger partial charge in [0.25, 0.3) is 0 Å². The molecule has 4 aromatic rings. The van der Waals surface area contributed by atoms with Crippen LogP contribution >= 0.6 is 0 Å². The van der Waals surface area contributed by atoms with Gasteiger partial charge in [-0.2, -0.15) is 0 Å². The van der Waals surface area contributed by atoms with E-state index in [1.807, 2.05) is 70.4 Å². The number of aromatic nitrogens is 3.